The number of fused-ring (bicyclic) bond motifs is 2. The van der Waals surface area contributed by atoms with E-state index in [1.165, 1.54) is 28.7 Å². The summed E-state index contributed by atoms with van der Waals surface area (Å²) in [4.78, 5) is 0. The van der Waals surface area contributed by atoms with Crippen molar-refractivity contribution in [3.63, 3.8) is 0 Å². The molecular formula is C19H21NO. The number of hydrogen-bond donors (Lipinski definition) is 1. The Morgan fingerprint density at radius 1 is 0.857 bits per heavy atom. The molecule has 1 aliphatic carbocycles. The quantitative estimate of drug-likeness (QED) is 0.810. The highest BCUT2D eigenvalue weighted by atomic mass is 16.5. The van der Waals surface area contributed by atoms with E-state index in [1.807, 2.05) is 0 Å². The van der Waals surface area contributed by atoms with Crippen molar-refractivity contribution in [2.75, 3.05) is 6.61 Å². The Bertz CT molecular complexity index is 679. The highest BCUT2D eigenvalue weighted by Gasteiger charge is 2.36. The van der Waals surface area contributed by atoms with Crippen LogP contribution < -0.4 is 10.5 Å². The van der Waals surface area contributed by atoms with Crippen LogP contribution in [0.2, 0.25) is 0 Å². The third-order valence-corrected chi connectivity index (χ3v) is 4.96. The summed E-state index contributed by atoms with van der Waals surface area (Å²) in [6, 6.07) is 15.1. The number of aryl methyl sites for hydroxylation is 1. The number of ether oxygens (including phenoxy) is 1. The maximum atomic E-state index is 6.99. The first-order chi connectivity index (χ1) is 10.3. The van der Waals surface area contributed by atoms with E-state index < -0.39 is 5.54 Å². The SMILES string of the molecule is NC1(c2cccc3c2OCC3)CCCCc2ccccc21. The van der Waals surface area contributed by atoms with Crippen LogP contribution in [0, 0.1) is 0 Å². The van der Waals surface area contributed by atoms with Gasteiger partial charge in [0.05, 0.1) is 12.1 Å². The maximum absolute atomic E-state index is 6.99. The summed E-state index contributed by atoms with van der Waals surface area (Å²) in [5, 5.41) is 0. The Morgan fingerprint density at radius 2 is 1.67 bits per heavy atom. The van der Waals surface area contributed by atoms with Crippen LogP contribution in [0.1, 0.15) is 41.5 Å². The molecule has 2 aromatic carbocycles. The molecule has 0 spiro atoms. The lowest BCUT2D eigenvalue weighted by atomic mass is 9.78. The molecule has 2 N–H and O–H groups in total. The standard InChI is InChI=1S/C19H21NO/c20-19(17-10-5-8-15-11-13-21-18(15)17)12-4-3-7-14-6-1-2-9-16(14)19/h1-2,5-6,8-10H,3-4,7,11-13,20H2. The lowest BCUT2D eigenvalue weighted by molar-refractivity contribution is 0.342. The zero-order valence-corrected chi connectivity index (χ0v) is 12.3. The lowest BCUT2D eigenvalue weighted by Gasteiger charge is -2.32. The van der Waals surface area contributed by atoms with Gasteiger partial charge in [-0.25, -0.2) is 0 Å². The first-order valence-corrected chi connectivity index (χ1v) is 7.91. The Kier molecular flexibility index (Phi) is 3.00. The molecule has 2 aromatic rings. The minimum absolute atomic E-state index is 0.414. The van der Waals surface area contributed by atoms with Crippen LogP contribution in [-0.4, -0.2) is 6.61 Å². The summed E-state index contributed by atoms with van der Waals surface area (Å²) in [7, 11) is 0. The van der Waals surface area contributed by atoms with E-state index in [1.54, 1.807) is 0 Å². The van der Waals surface area contributed by atoms with E-state index in [0.29, 0.717) is 0 Å². The zero-order chi connectivity index (χ0) is 14.3. The van der Waals surface area contributed by atoms with Crippen LogP contribution in [-0.2, 0) is 18.4 Å². The molecule has 1 heterocycles. The molecular weight excluding hydrogens is 258 g/mol. The predicted octanol–water partition coefficient (Wildman–Crippen LogP) is 3.55. The molecule has 2 heteroatoms. The molecule has 0 radical (unpaired) electrons. The average molecular weight is 279 g/mol. The molecule has 1 aliphatic heterocycles. The largest absolute Gasteiger partial charge is 0.493 e. The van der Waals surface area contributed by atoms with E-state index in [0.717, 1.165) is 38.0 Å². The molecule has 4 rings (SSSR count). The van der Waals surface area contributed by atoms with Gasteiger partial charge in [0, 0.05) is 12.0 Å². The monoisotopic (exact) mass is 279 g/mol. The molecule has 1 unspecified atom stereocenters. The van der Waals surface area contributed by atoms with Gasteiger partial charge in [0.25, 0.3) is 0 Å². The summed E-state index contributed by atoms with van der Waals surface area (Å²) in [6.07, 6.45) is 5.50. The smallest absolute Gasteiger partial charge is 0.128 e. The summed E-state index contributed by atoms with van der Waals surface area (Å²) < 4.78 is 5.92. The van der Waals surface area contributed by atoms with Gasteiger partial charge in [-0.05, 0) is 36.0 Å². The Balaban J connectivity index is 1.93. The summed E-state index contributed by atoms with van der Waals surface area (Å²) >= 11 is 0. The van der Waals surface area contributed by atoms with E-state index in [2.05, 4.69) is 42.5 Å². The van der Waals surface area contributed by atoms with Crippen molar-refractivity contribution < 1.29 is 4.74 Å². The predicted molar refractivity (Wildman–Crippen MR) is 84.6 cm³/mol. The van der Waals surface area contributed by atoms with Crippen LogP contribution in [0.15, 0.2) is 42.5 Å². The van der Waals surface area contributed by atoms with Gasteiger partial charge in [0.2, 0.25) is 0 Å². The van der Waals surface area contributed by atoms with E-state index in [9.17, 15) is 0 Å². The third-order valence-electron chi connectivity index (χ3n) is 4.96. The number of nitrogens with two attached hydrogens (primary N) is 1. The summed E-state index contributed by atoms with van der Waals surface area (Å²) in [5.74, 6) is 1.04. The zero-order valence-electron chi connectivity index (χ0n) is 12.3. The van der Waals surface area contributed by atoms with Gasteiger partial charge >= 0.3 is 0 Å². The van der Waals surface area contributed by atoms with Gasteiger partial charge in [-0.1, -0.05) is 48.9 Å². The first-order valence-electron chi connectivity index (χ1n) is 7.91. The summed E-state index contributed by atoms with van der Waals surface area (Å²) in [5.41, 5.74) is 11.7. The average Bonchev–Trinajstić information content (AvgIpc) is 2.93. The fourth-order valence-electron chi connectivity index (χ4n) is 3.87. The van der Waals surface area contributed by atoms with E-state index >= 15 is 0 Å². The minimum atomic E-state index is -0.414. The van der Waals surface area contributed by atoms with Gasteiger partial charge < -0.3 is 10.5 Å². The van der Waals surface area contributed by atoms with Gasteiger partial charge in [-0.2, -0.15) is 0 Å². The topological polar surface area (TPSA) is 35.2 Å². The molecule has 0 saturated heterocycles. The van der Waals surface area contributed by atoms with Crippen LogP contribution in [0.5, 0.6) is 5.75 Å². The second-order valence-electron chi connectivity index (χ2n) is 6.23. The fraction of sp³-hybridized carbons (Fsp3) is 0.368. The van der Waals surface area contributed by atoms with Crippen molar-refractivity contribution in [2.24, 2.45) is 5.73 Å². The number of para-hydroxylation sites is 1. The normalized spacial score (nSPS) is 23.9. The van der Waals surface area contributed by atoms with Gasteiger partial charge in [0.1, 0.15) is 5.75 Å². The molecule has 1 atom stereocenters. The molecule has 2 nitrogen and oxygen atoms in total. The number of hydrogen-bond acceptors (Lipinski definition) is 2. The minimum Gasteiger partial charge on any atom is -0.493 e. The van der Waals surface area contributed by atoms with Crippen LogP contribution in [0.3, 0.4) is 0 Å². The van der Waals surface area contributed by atoms with E-state index in [4.69, 9.17) is 10.5 Å². The summed E-state index contributed by atoms with van der Waals surface area (Å²) in [6.45, 7) is 0.782. The number of rotatable bonds is 1. The molecule has 0 aromatic heterocycles. The van der Waals surface area contributed by atoms with Crippen molar-refractivity contribution >= 4 is 0 Å². The maximum Gasteiger partial charge on any atom is 0.128 e. The Hall–Kier alpha value is -1.80. The number of benzene rings is 2. The van der Waals surface area contributed by atoms with Crippen molar-refractivity contribution in [2.45, 2.75) is 37.6 Å². The highest BCUT2D eigenvalue weighted by molar-refractivity contribution is 5.53. The molecule has 108 valence electrons. The van der Waals surface area contributed by atoms with Gasteiger partial charge in [-0.3, -0.25) is 0 Å². The lowest BCUT2D eigenvalue weighted by Crippen LogP contribution is -2.38. The molecule has 0 bridgehead atoms. The van der Waals surface area contributed by atoms with Crippen molar-refractivity contribution in [3.05, 3.63) is 64.7 Å². The van der Waals surface area contributed by atoms with Crippen LogP contribution in [0.25, 0.3) is 0 Å². The first kappa shape index (κ1) is 12.9. The van der Waals surface area contributed by atoms with Crippen molar-refractivity contribution in [1.29, 1.82) is 0 Å². The van der Waals surface area contributed by atoms with Crippen molar-refractivity contribution in [1.82, 2.24) is 0 Å². The van der Waals surface area contributed by atoms with Crippen LogP contribution >= 0.6 is 0 Å². The molecule has 0 amide bonds. The second-order valence-corrected chi connectivity index (χ2v) is 6.23. The molecule has 0 saturated carbocycles. The van der Waals surface area contributed by atoms with E-state index in [-0.39, 0.29) is 0 Å². The van der Waals surface area contributed by atoms with Gasteiger partial charge in [0.15, 0.2) is 0 Å². The molecule has 2 aliphatic rings. The highest BCUT2D eigenvalue weighted by Crippen LogP contribution is 2.43. The second kappa shape index (κ2) is 4.88. The van der Waals surface area contributed by atoms with Crippen LogP contribution in [0.4, 0.5) is 0 Å². The van der Waals surface area contributed by atoms with Crippen molar-refractivity contribution in [3.8, 4) is 5.75 Å². The molecule has 0 fully saturated rings. The fourth-order valence-corrected chi connectivity index (χ4v) is 3.87. The Morgan fingerprint density at radius 3 is 2.62 bits per heavy atom. The third kappa shape index (κ3) is 1.97. The van der Waals surface area contributed by atoms with Gasteiger partial charge in [-0.15, -0.1) is 0 Å². The molecule has 21 heavy (non-hydrogen) atoms. The Labute approximate surface area is 125 Å².